The average molecular weight is 340 g/mol. The Hall–Kier alpha value is -3.03. The number of nitrogens with one attached hydrogen (secondary N) is 1. The second-order valence-corrected chi connectivity index (χ2v) is 5.59. The molecule has 0 atom stereocenters. The molecule has 0 radical (unpaired) electrons. The third kappa shape index (κ3) is 3.42. The summed E-state index contributed by atoms with van der Waals surface area (Å²) >= 11 is 0. The van der Waals surface area contributed by atoms with Crippen molar-refractivity contribution in [1.29, 1.82) is 0 Å². The third-order valence-electron chi connectivity index (χ3n) is 3.79. The number of aromatic nitrogens is 5. The monoisotopic (exact) mass is 340 g/mol. The minimum absolute atomic E-state index is 0.125. The summed E-state index contributed by atoms with van der Waals surface area (Å²) in [5, 5.41) is 11.0. The van der Waals surface area contributed by atoms with Crippen molar-refractivity contribution < 1.29 is 9.32 Å². The van der Waals surface area contributed by atoms with Gasteiger partial charge in [0, 0.05) is 19.2 Å². The molecule has 3 aromatic heterocycles. The summed E-state index contributed by atoms with van der Waals surface area (Å²) in [5.41, 5.74) is 2.02. The highest BCUT2D eigenvalue weighted by Gasteiger charge is 2.16. The van der Waals surface area contributed by atoms with Crippen LogP contribution in [0.1, 0.15) is 42.1 Å². The van der Waals surface area contributed by atoms with Crippen LogP contribution in [0.15, 0.2) is 29.0 Å². The molecule has 0 unspecified atom stereocenters. The molecule has 0 fully saturated rings. The highest BCUT2D eigenvalue weighted by Crippen LogP contribution is 2.19. The number of pyridine rings is 1. The van der Waals surface area contributed by atoms with Crippen LogP contribution in [-0.4, -0.2) is 37.4 Å². The number of hydrogen-bond acceptors (Lipinski definition) is 6. The van der Waals surface area contributed by atoms with Gasteiger partial charge in [-0.15, -0.1) is 0 Å². The van der Waals surface area contributed by atoms with Gasteiger partial charge in [-0.05, 0) is 25.5 Å². The van der Waals surface area contributed by atoms with Gasteiger partial charge in [-0.2, -0.15) is 10.1 Å². The standard InChI is InChI=1S/C17H20N6O2/c1-4-8-18-16(24)13-10-20-23(11(13)3)15-7-6-12(9-19-15)17-21-14(5-2)22-25-17/h6-7,9-10H,4-5,8H2,1-3H3,(H,18,24). The molecule has 0 spiro atoms. The summed E-state index contributed by atoms with van der Waals surface area (Å²) in [6.07, 6.45) is 4.81. The minimum Gasteiger partial charge on any atom is -0.352 e. The largest absolute Gasteiger partial charge is 0.352 e. The van der Waals surface area contributed by atoms with E-state index in [1.54, 1.807) is 23.1 Å². The van der Waals surface area contributed by atoms with Gasteiger partial charge in [0.25, 0.3) is 11.8 Å². The minimum atomic E-state index is -0.125. The Morgan fingerprint density at radius 2 is 2.12 bits per heavy atom. The quantitative estimate of drug-likeness (QED) is 0.739. The fourth-order valence-corrected chi connectivity index (χ4v) is 2.35. The van der Waals surface area contributed by atoms with Crippen molar-refractivity contribution in [3.8, 4) is 17.3 Å². The fourth-order valence-electron chi connectivity index (χ4n) is 2.35. The van der Waals surface area contributed by atoms with E-state index >= 15 is 0 Å². The molecule has 0 saturated carbocycles. The number of nitrogens with zero attached hydrogens (tertiary/aromatic N) is 5. The van der Waals surface area contributed by atoms with Crippen LogP contribution in [0.2, 0.25) is 0 Å². The molecule has 8 nitrogen and oxygen atoms in total. The number of hydrogen-bond donors (Lipinski definition) is 1. The van der Waals surface area contributed by atoms with Gasteiger partial charge in [0.05, 0.1) is 23.0 Å². The molecule has 3 heterocycles. The first-order valence-corrected chi connectivity index (χ1v) is 8.26. The predicted molar refractivity (Wildman–Crippen MR) is 91.4 cm³/mol. The summed E-state index contributed by atoms with van der Waals surface area (Å²) in [4.78, 5) is 20.8. The molecule has 3 rings (SSSR count). The smallest absolute Gasteiger partial charge is 0.259 e. The summed E-state index contributed by atoms with van der Waals surface area (Å²) in [6.45, 7) is 6.45. The van der Waals surface area contributed by atoms with Crippen LogP contribution in [-0.2, 0) is 6.42 Å². The van der Waals surface area contributed by atoms with E-state index in [-0.39, 0.29) is 5.91 Å². The lowest BCUT2D eigenvalue weighted by atomic mass is 10.2. The molecule has 1 amide bonds. The maximum absolute atomic E-state index is 12.1. The normalized spacial score (nSPS) is 10.8. The van der Waals surface area contributed by atoms with Crippen LogP contribution < -0.4 is 5.32 Å². The molecule has 8 heteroatoms. The lowest BCUT2D eigenvalue weighted by Crippen LogP contribution is -2.24. The first-order chi connectivity index (χ1) is 12.1. The molecule has 0 aliphatic rings. The van der Waals surface area contributed by atoms with E-state index in [4.69, 9.17) is 4.52 Å². The zero-order valence-corrected chi connectivity index (χ0v) is 14.5. The third-order valence-corrected chi connectivity index (χ3v) is 3.79. The fraction of sp³-hybridized carbons (Fsp3) is 0.353. The lowest BCUT2D eigenvalue weighted by molar-refractivity contribution is 0.0953. The maximum atomic E-state index is 12.1. The lowest BCUT2D eigenvalue weighted by Gasteiger charge is -2.05. The number of carbonyl (C=O) groups is 1. The van der Waals surface area contributed by atoms with Crippen molar-refractivity contribution in [2.75, 3.05) is 6.54 Å². The van der Waals surface area contributed by atoms with Crippen LogP contribution in [0.5, 0.6) is 0 Å². The first-order valence-electron chi connectivity index (χ1n) is 8.26. The Morgan fingerprint density at radius 3 is 2.76 bits per heavy atom. The molecule has 3 aromatic rings. The topological polar surface area (TPSA) is 98.7 Å². The van der Waals surface area contributed by atoms with Crippen LogP contribution >= 0.6 is 0 Å². The molecule has 130 valence electrons. The molecular formula is C17H20N6O2. The summed E-state index contributed by atoms with van der Waals surface area (Å²) < 4.78 is 6.84. The summed E-state index contributed by atoms with van der Waals surface area (Å²) in [7, 11) is 0. The van der Waals surface area contributed by atoms with E-state index < -0.39 is 0 Å². The van der Waals surface area contributed by atoms with Gasteiger partial charge in [-0.3, -0.25) is 4.79 Å². The number of rotatable bonds is 6. The Bertz CT molecular complexity index is 866. The molecule has 0 aliphatic carbocycles. The summed E-state index contributed by atoms with van der Waals surface area (Å²) in [5.74, 6) is 1.59. The second-order valence-electron chi connectivity index (χ2n) is 5.59. The van der Waals surface area contributed by atoms with Gasteiger partial charge in [0.2, 0.25) is 0 Å². The molecule has 25 heavy (non-hydrogen) atoms. The van der Waals surface area contributed by atoms with Crippen molar-refractivity contribution in [2.45, 2.75) is 33.6 Å². The highest BCUT2D eigenvalue weighted by molar-refractivity contribution is 5.95. The maximum Gasteiger partial charge on any atom is 0.259 e. The van der Waals surface area contributed by atoms with E-state index in [9.17, 15) is 4.79 Å². The van der Waals surface area contributed by atoms with Crippen LogP contribution in [0.25, 0.3) is 17.3 Å². The van der Waals surface area contributed by atoms with Gasteiger partial charge in [-0.25, -0.2) is 9.67 Å². The van der Waals surface area contributed by atoms with Crippen molar-refractivity contribution in [1.82, 2.24) is 30.2 Å². The molecule has 1 N–H and O–H groups in total. The van der Waals surface area contributed by atoms with Crippen molar-refractivity contribution >= 4 is 5.91 Å². The molecular weight excluding hydrogens is 320 g/mol. The zero-order chi connectivity index (χ0) is 17.8. The van der Waals surface area contributed by atoms with E-state index in [1.807, 2.05) is 26.8 Å². The first kappa shape index (κ1) is 16.8. The van der Waals surface area contributed by atoms with Gasteiger partial charge >= 0.3 is 0 Å². The second kappa shape index (κ2) is 7.25. The zero-order valence-electron chi connectivity index (χ0n) is 14.5. The van der Waals surface area contributed by atoms with E-state index in [2.05, 4.69) is 25.5 Å². The summed E-state index contributed by atoms with van der Waals surface area (Å²) in [6, 6.07) is 3.64. The molecule has 0 saturated heterocycles. The van der Waals surface area contributed by atoms with Crippen molar-refractivity contribution in [3.05, 3.63) is 41.6 Å². The Kier molecular flexibility index (Phi) is 4.87. The van der Waals surface area contributed by atoms with Gasteiger partial charge in [0.1, 0.15) is 0 Å². The van der Waals surface area contributed by atoms with Gasteiger partial charge < -0.3 is 9.84 Å². The number of amides is 1. The predicted octanol–water partition coefficient (Wildman–Crippen LogP) is 2.33. The van der Waals surface area contributed by atoms with Gasteiger partial charge in [0.15, 0.2) is 11.6 Å². The van der Waals surface area contributed by atoms with Crippen LogP contribution in [0.3, 0.4) is 0 Å². The SMILES string of the molecule is CCCNC(=O)c1cnn(-c2ccc(-c3nc(CC)no3)cn2)c1C. The average Bonchev–Trinajstić information content (AvgIpc) is 3.26. The van der Waals surface area contributed by atoms with Crippen LogP contribution in [0, 0.1) is 6.92 Å². The molecule has 0 aliphatic heterocycles. The Balaban J connectivity index is 1.83. The van der Waals surface area contributed by atoms with E-state index in [0.717, 1.165) is 17.7 Å². The molecule has 0 aromatic carbocycles. The molecule has 0 bridgehead atoms. The van der Waals surface area contributed by atoms with E-state index in [0.29, 0.717) is 36.1 Å². The van der Waals surface area contributed by atoms with E-state index in [1.165, 1.54) is 0 Å². The highest BCUT2D eigenvalue weighted by atomic mass is 16.5. The number of aryl methyl sites for hydroxylation is 1. The van der Waals surface area contributed by atoms with Crippen molar-refractivity contribution in [2.24, 2.45) is 0 Å². The number of carbonyl (C=O) groups excluding carboxylic acids is 1. The van der Waals surface area contributed by atoms with Crippen LogP contribution in [0.4, 0.5) is 0 Å². The van der Waals surface area contributed by atoms with Crippen molar-refractivity contribution in [3.63, 3.8) is 0 Å². The Morgan fingerprint density at radius 1 is 1.28 bits per heavy atom. The van der Waals surface area contributed by atoms with Gasteiger partial charge in [-0.1, -0.05) is 19.0 Å². The Labute approximate surface area is 145 Å².